The Hall–Kier alpha value is -1.59. The van der Waals surface area contributed by atoms with E-state index in [9.17, 15) is 9.90 Å². The molecule has 0 spiro atoms. The van der Waals surface area contributed by atoms with Crippen molar-refractivity contribution in [3.8, 4) is 5.75 Å². The van der Waals surface area contributed by atoms with Crippen molar-refractivity contribution in [2.24, 2.45) is 5.73 Å². The normalized spacial score (nSPS) is 12.9. The summed E-state index contributed by atoms with van der Waals surface area (Å²) in [6.07, 6.45) is 0. The summed E-state index contributed by atoms with van der Waals surface area (Å²) in [5.74, 6) is 0.0467. The SMILES string of the molecule is CC(N)Cn1c(Cl)nc2cc(O)ccc2c1=O. The van der Waals surface area contributed by atoms with Crippen molar-refractivity contribution in [3.05, 3.63) is 33.8 Å². The highest BCUT2D eigenvalue weighted by molar-refractivity contribution is 6.28. The van der Waals surface area contributed by atoms with E-state index in [-0.39, 0.29) is 22.6 Å². The van der Waals surface area contributed by atoms with E-state index in [1.807, 2.05) is 0 Å². The van der Waals surface area contributed by atoms with Gasteiger partial charge in [-0.05, 0) is 30.7 Å². The maximum Gasteiger partial charge on any atom is 0.262 e. The molecule has 1 aromatic carbocycles. The van der Waals surface area contributed by atoms with Crippen molar-refractivity contribution in [3.63, 3.8) is 0 Å². The molecule has 2 aromatic rings. The van der Waals surface area contributed by atoms with Gasteiger partial charge in [-0.1, -0.05) is 0 Å². The molecule has 0 radical (unpaired) electrons. The van der Waals surface area contributed by atoms with Crippen LogP contribution < -0.4 is 11.3 Å². The molecule has 0 fully saturated rings. The van der Waals surface area contributed by atoms with Crippen LogP contribution in [0.15, 0.2) is 23.0 Å². The number of hydrogen-bond acceptors (Lipinski definition) is 4. The smallest absolute Gasteiger partial charge is 0.262 e. The molecule has 6 heteroatoms. The number of aromatic nitrogens is 2. The topological polar surface area (TPSA) is 81.1 Å². The van der Waals surface area contributed by atoms with Crippen LogP contribution in [0.1, 0.15) is 6.92 Å². The summed E-state index contributed by atoms with van der Waals surface area (Å²) in [7, 11) is 0. The summed E-state index contributed by atoms with van der Waals surface area (Å²) in [6.45, 7) is 2.09. The first-order valence-electron chi connectivity index (χ1n) is 5.13. The maximum atomic E-state index is 12.1. The first-order valence-corrected chi connectivity index (χ1v) is 5.51. The molecule has 0 aliphatic heterocycles. The molecule has 17 heavy (non-hydrogen) atoms. The average molecular weight is 254 g/mol. The minimum absolute atomic E-state index is 0.0467. The van der Waals surface area contributed by atoms with E-state index >= 15 is 0 Å². The van der Waals surface area contributed by atoms with Gasteiger partial charge >= 0.3 is 0 Å². The van der Waals surface area contributed by atoms with Gasteiger partial charge in [0.15, 0.2) is 0 Å². The fourth-order valence-electron chi connectivity index (χ4n) is 1.63. The van der Waals surface area contributed by atoms with Crippen LogP contribution in [0, 0.1) is 0 Å². The minimum Gasteiger partial charge on any atom is -0.508 e. The largest absolute Gasteiger partial charge is 0.508 e. The monoisotopic (exact) mass is 253 g/mol. The number of fused-ring (bicyclic) bond motifs is 1. The van der Waals surface area contributed by atoms with Crippen LogP contribution in [-0.4, -0.2) is 20.7 Å². The van der Waals surface area contributed by atoms with E-state index in [4.69, 9.17) is 17.3 Å². The van der Waals surface area contributed by atoms with Gasteiger partial charge in [0.2, 0.25) is 5.28 Å². The van der Waals surface area contributed by atoms with Crippen LogP contribution in [0.4, 0.5) is 0 Å². The average Bonchev–Trinajstić information content (AvgIpc) is 2.23. The number of rotatable bonds is 2. The third-order valence-corrected chi connectivity index (χ3v) is 2.65. The molecule has 0 bridgehead atoms. The Balaban J connectivity index is 2.72. The summed E-state index contributed by atoms with van der Waals surface area (Å²) < 4.78 is 1.33. The second kappa shape index (κ2) is 4.35. The molecule has 3 N–H and O–H groups in total. The summed E-state index contributed by atoms with van der Waals surface area (Å²) in [5, 5.41) is 9.80. The number of nitrogens with zero attached hydrogens (tertiary/aromatic N) is 2. The molecule has 0 amide bonds. The lowest BCUT2D eigenvalue weighted by Gasteiger charge is -2.11. The first-order chi connectivity index (χ1) is 7.99. The van der Waals surface area contributed by atoms with Gasteiger partial charge in [-0.15, -0.1) is 0 Å². The molecule has 1 atom stereocenters. The van der Waals surface area contributed by atoms with E-state index in [0.717, 1.165) is 0 Å². The predicted octanol–water partition coefficient (Wildman–Crippen LogP) is 1.10. The maximum absolute atomic E-state index is 12.1. The Morgan fingerprint density at radius 1 is 1.59 bits per heavy atom. The van der Waals surface area contributed by atoms with E-state index in [0.29, 0.717) is 17.4 Å². The number of benzene rings is 1. The van der Waals surface area contributed by atoms with Gasteiger partial charge in [-0.2, -0.15) is 0 Å². The summed E-state index contributed by atoms with van der Waals surface area (Å²) >= 11 is 5.92. The lowest BCUT2D eigenvalue weighted by Crippen LogP contribution is -2.31. The fourth-order valence-corrected chi connectivity index (χ4v) is 1.87. The van der Waals surface area contributed by atoms with Crippen molar-refractivity contribution >= 4 is 22.5 Å². The van der Waals surface area contributed by atoms with Gasteiger partial charge in [0, 0.05) is 18.7 Å². The number of nitrogens with two attached hydrogens (primary N) is 1. The molecule has 5 nitrogen and oxygen atoms in total. The van der Waals surface area contributed by atoms with Gasteiger partial charge in [-0.25, -0.2) is 4.98 Å². The van der Waals surface area contributed by atoms with Gasteiger partial charge < -0.3 is 10.8 Å². The highest BCUT2D eigenvalue weighted by atomic mass is 35.5. The Labute approximate surface area is 102 Å². The standard InChI is InChI=1S/C11H12ClN3O2/c1-6(13)5-15-10(17)8-3-2-7(16)4-9(8)14-11(15)12/h2-4,6,16H,5,13H2,1H3. The van der Waals surface area contributed by atoms with Gasteiger partial charge in [0.1, 0.15) is 5.75 Å². The molecule has 1 aromatic heterocycles. The molecular weight excluding hydrogens is 242 g/mol. The van der Waals surface area contributed by atoms with Crippen LogP contribution in [0.5, 0.6) is 5.75 Å². The Bertz CT molecular complexity index is 622. The molecule has 0 aliphatic carbocycles. The number of aromatic hydroxyl groups is 1. The molecule has 0 saturated carbocycles. The van der Waals surface area contributed by atoms with Gasteiger partial charge in [0.05, 0.1) is 10.9 Å². The summed E-state index contributed by atoms with van der Waals surface area (Å²) in [4.78, 5) is 16.2. The third-order valence-electron chi connectivity index (χ3n) is 2.36. The van der Waals surface area contributed by atoms with E-state index < -0.39 is 0 Å². The Morgan fingerprint density at radius 2 is 2.29 bits per heavy atom. The second-order valence-electron chi connectivity index (χ2n) is 3.98. The van der Waals surface area contributed by atoms with Crippen molar-refractivity contribution in [2.75, 3.05) is 0 Å². The predicted molar refractivity (Wildman–Crippen MR) is 66.3 cm³/mol. The van der Waals surface area contributed by atoms with E-state index in [1.54, 1.807) is 6.92 Å². The van der Waals surface area contributed by atoms with Crippen LogP contribution in [0.3, 0.4) is 0 Å². The number of phenols is 1. The minimum atomic E-state index is -0.252. The number of hydrogen-bond donors (Lipinski definition) is 2. The zero-order valence-corrected chi connectivity index (χ0v) is 9.98. The number of halogens is 1. The molecule has 1 heterocycles. The van der Waals surface area contributed by atoms with Gasteiger partial charge in [0.25, 0.3) is 5.56 Å². The highest BCUT2D eigenvalue weighted by Crippen LogP contribution is 2.17. The van der Waals surface area contributed by atoms with E-state index in [2.05, 4.69) is 4.98 Å². The molecule has 0 saturated heterocycles. The summed E-state index contributed by atoms with van der Waals surface area (Å²) in [5.41, 5.74) is 5.77. The molecule has 90 valence electrons. The molecular formula is C11H12ClN3O2. The van der Waals surface area contributed by atoms with Crippen molar-refractivity contribution in [1.29, 1.82) is 0 Å². The lowest BCUT2D eigenvalue weighted by molar-refractivity contribution is 0.476. The first kappa shape index (κ1) is 11.9. The van der Waals surface area contributed by atoms with E-state index in [1.165, 1.54) is 22.8 Å². The molecule has 2 rings (SSSR count). The van der Waals surface area contributed by atoms with Crippen molar-refractivity contribution in [2.45, 2.75) is 19.5 Å². The Morgan fingerprint density at radius 3 is 2.94 bits per heavy atom. The molecule has 0 aliphatic rings. The van der Waals surface area contributed by atoms with Crippen LogP contribution in [-0.2, 0) is 6.54 Å². The van der Waals surface area contributed by atoms with Crippen LogP contribution >= 0.6 is 11.6 Å². The Kier molecular flexibility index (Phi) is 3.04. The zero-order chi connectivity index (χ0) is 12.6. The second-order valence-corrected chi connectivity index (χ2v) is 4.31. The quantitative estimate of drug-likeness (QED) is 0.786. The van der Waals surface area contributed by atoms with Crippen molar-refractivity contribution in [1.82, 2.24) is 9.55 Å². The lowest BCUT2D eigenvalue weighted by atomic mass is 10.2. The van der Waals surface area contributed by atoms with Crippen LogP contribution in [0.2, 0.25) is 5.28 Å². The number of phenolic OH excluding ortho intramolecular Hbond substituents is 1. The third kappa shape index (κ3) is 2.25. The molecule has 1 unspecified atom stereocenters. The summed E-state index contributed by atoms with van der Waals surface area (Å²) in [6, 6.07) is 4.17. The zero-order valence-electron chi connectivity index (χ0n) is 9.22. The fraction of sp³-hybridized carbons (Fsp3) is 0.273. The van der Waals surface area contributed by atoms with Gasteiger partial charge in [-0.3, -0.25) is 9.36 Å². The van der Waals surface area contributed by atoms with Crippen LogP contribution in [0.25, 0.3) is 10.9 Å². The van der Waals surface area contributed by atoms with Crippen molar-refractivity contribution < 1.29 is 5.11 Å². The highest BCUT2D eigenvalue weighted by Gasteiger charge is 2.10.